The number of hydrogen-bond acceptors (Lipinski definition) is 5. The third kappa shape index (κ3) is 5.91. The van der Waals surface area contributed by atoms with Crippen LogP contribution in [0, 0.1) is 5.82 Å². The average molecular weight is 486 g/mol. The van der Waals surface area contributed by atoms with E-state index in [1.807, 2.05) is 24.3 Å². The van der Waals surface area contributed by atoms with E-state index in [1.54, 1.807) is 17.0 Å². The molecule has 2 aromatic rings. The van der Waals surface area contributed by atoms with E-state index in [9.17, 15) is 18.8 Å². The van der Waals surface area contributed by atoms with Crippen LogP contribution in [-0.4, -0.2) is 66.1 Å². The molecule has 0 atom stereocenters. The quantitative estimate of drug-likeness (QED) is 0.681. The van der Waals surface area contributed by atoms with E-state index >= 15 is 0 Å². The predicted molar refractivity (Wildman–Crippen MR) is 127 cm³/mol. The third-order valence-corrected chi connectivity index (χ3v) is 6.09. The molecule has 1 saturated heterocycles. The minimum absolute atomic E-state index is 0.134. The summed E-state index contributed by atoms with van der Waals surface area (Å²) >= 11 is 5.94. The van der Waals surface area contributed by atoms with E-state index in [0.717, 1.165) is 5.69 Å². The van der Waals surface area contributed by atoms with Crippen LogP contribution in [0.5, 0.6) is 0 Å². The SMILES string of the molecule is O=C(NCC(=O)N1CCN(c2ccc(Cl)cc2)CC1)C1=NN(Cc2ccc(F)cc2)C(=O)CC1. The van der Waals surface area contributed by atoms with Crippen LogP contribution in [0.1, 0.15) is 18.4 Å². The zero-order valence-corrected chi connectivity index (χ0v) is 19.3. The molecule has 0 unspecified atom stereocenters. The molecule has 0 radical (unpaired) electrons. The van der Waals surface area contributed by atoms with Gasteiger partial charge in [0.1, 0.15) is 11.5 Å². The highest BCUT2D eigenvalue weighted by molar-refractivity contribution is 6.39. The maximum Gasteiger partial charge on any atom is 0.267 e. The van der Waals surface area contributed by atoms with Crippen LogP contribution in [0.4, 0.5) is 10.1 Å². The van der Waals surface area contributed by atoms with Gasteiger partial charge in [0, 0.05) is 49.7 Å². The van der Waals surface area contributed by atoms with Crippen molar-refractivity contribution in [2.24, 2.45) is 5.10 Å². The van der Waals surface area contributed by atoms with Crippen LogP contribution in [0.2, 0.25) is 5.02 Å². The average Bonchev–Trinajstić information content (AvgIpc) is 2.85. The van der Waals surface area contributed by atoms with Crippen molar-refractivity contribution in [3.8, 4) is 0 Å². The second-order valence-corrected chi connectivity index (χ2v) is 8.59. The first-order valence-corrected chi connectivity index (χ1v) is 11.5. The monoisotopic (exact) mass is 485 g/mol. The van der Waals surface area contributed by atoms with Gasteiger partial charge in [-0.3, -0.25) is 14.4 Å². The van der Waals surface area contributed by atoms with E-state index < -0.39 is 5.91 Å². The van der Waals surface area contributed by atoms with E-state index in [-0.39, 0.29) is 49.3 Å². The Balaban J connectivity index is 1.27. The van der Waals surface area contributed by atoms with Gasteiger partial charge in [0.05, 0.1) is 13.1 Å². The summed E-state index contributed by atoms with van der Waals surface area (Å²) in [6.07, 6.45) is 0.354. The van der Waals surface area contributed by atoms with Gasteiger partial charge in [-0.2, -0.15) is 5.10 Å². The molecular weight excluding hydrogens is 461 g/mol. The summed E-state index contributed by atoms with van der Waals surface area (Å²) in [5, 5.41) is 8.69. The number of carbonyl (C=O) groups excluding carboxylic acids is 3. The summed E-state index contributed by atoms with van der Waals surface area (Å²) in [6, 6.07) is 13.3. The number of piperazine rings is 1. The van der Waals surface area contributed by atoms with E-state index in [0.29, 0.717) is 36.8 Å². The van der Waals surface area contributed by atoms with Gasteiger partial charge in [0.2, 0.25) is 11.8 Å². The second kappa shape index (κ2) is 10.6. The number of anilines is 1. The van der Waals surface area contributed by atoms with E-state index in [4.69, 9.17) is 11.6 Å². The summed E-state index contributed by atoms with van der Waals surface area (Å²) in [5.41, 5.74) is 1.95. The fraction of sp³-hybridized carbons (Fsp3) is 0.333. The molecule has 1 fully saturated rings. The van der Waals surface area contributed by atoms with Crippen LogP contribution in [0.3, 0.4) is 0 Å². The fourth-order valence-electron chi connectivity index (χ4n) is 3.89. The molecule has 34 heavy (non-hydrogen) atoms. The van der Waals surface area contributed by atoms with Gasteiger partial charge in [0.25, 0.3) is 5.91 Å². The summed E-state index contributed by atoms with van der Waals surface area (Å²) < 4.78 is 13.1. The molecule has 3 amide bonds. The molecular formula is C24H25ClFN5O3. The Bertz CT molecular complexity index is 1080. The molecule has 10 heteroatoms. The number of hydrazone groups is 1. The molecule has 4 rings (SSSR count). The van der Waals surface area contributed by atoms with Crippen molar-refractivity contribution in [1.82, 2.24) is 15.2 Å². The van der Waals surface area contributed by atoms with Crippen LogP contribution in [0.25, 0.3) is 0 Å². The minimum Gasteiger partial charge on any atom is -0.368 e. The van der Waals surface area contributed by atoms with Crippen LogP contribution in [0.15, 0.2) is 53.6 Å². The normalized spacial score (nSPS) is 16.4. The van der Waals surface area contributed by atoms with Crippen molar-refractivity contribution in [2.75, 3.05) is 37.6 Å². The standard InChI is InChI=1S/C24H25ClFN5O3/c25-18-3-7-20(8-4-18)29-11-13-30(14-12-29)23(33)15-27-24(34)21-9-10-22(32)31(28-21)16-17-1-5-19(26)6-2-17/h1-8H,9-16H2,(H,27,34). The predicted octanol–water partition coefficient (Wildman–Crippen LogP) is 2.42. The van der Waals surface area contributed by atoms with Crippen LogP contribution < -0.4 is 10.2 Å². The molecule has 0 aromatic heterocycles. The number of nitrogens with one attached hydrogen (secondary N) is 1. The van der Waals surface area contributed by atoms with Gasteiger partial charge in [0.15, 0.2) is 0 Å². The van der Waals surface area contributed by atoms with Crippen molar-refractivity contribution in [3.63, 3.8) is 0 Å². The Morgan fingerprint density at radius 1 is 0.971 bits per heavy atom. The molecule has 0 spiro atoms. The number of rotatable bonds is 6. The first-order chi connectivity index (χ1) is 16.4. The zero-order chi connectivity index (χ0) is 24.1. The third-order valence-electron chi connectivity index (χ3n) is 5.84. The molecule has 0 bridgehead atoms. The maximum atomic E-state index is 13.1. The Kier molecular flexibility index (Phi) is 7.42. The van der Waals surface area contributed by atoms with Gasteiger partial charge in [-0.25, -0.2) is 9.40 Å². The van der Waals surface area contributed by atoms with Crippen LogP contribution >= 0.6 is 11.6 Å². The first kappa shape index (κ1) is 23.7. The largest absolute Gasteiger partial charge is 0.368 e. The number of carbonyl (C=O) groups is 3. The highest BCUT2D eigenvalue weighted by atomic mass is 35.5. The summed E-state index contributed by atoms with van der Waals surface area (Å²) in [6.45, 7) is 2.50. The number of benzene rings is 2. The molecule has 8 nitrogen and oxygen atoms in total. The van der Waals surface area contributed by atoms with Crippen molar-refractivity contribution in [3.05, 3.63) is 64.9 Å². The zero-order valence-electron chi connectivity index (χ0n) is 18.5. The fourth-order valence-corrected chi connectivity index (χ4v) is 4.01. The number of nitrogens with zero attached hydrogens (tertiary/aromatic N) is 4. The minimum atomic E-state index is -0.468. The summed E-state index contributed by atoms with van der Waals surface area (Å²) in [5.74, 6) is -1.21. The van der Waals surface area contributed by atoms with Crippen molar-refractivity contribution in [2.45, 2.75) is 19.4 Å². The van der Waals surface area contributed by atoms with Crippen molar-refractivity contribution < 1.29 is 18.8 Å². The Labute approximate surface area is 202 Å². The molecule has 2 heterocycles. The Hall–Kier alpha value is -3.46. The number of hydrogen-bond donors (Lipinski definition) is 1. The highest BCUT2D eigenvalue weighted by Crippen LogP contribution is 2.19. The molecule has 0 saturated carbocycles. The first-order valence-electron chi connectivity index (χ1n) is 11.1. The van der Waals surface area contributed by atoms with Gasteiger partial charge in [-0.05, 0) is 42.0 Å². The molecule has 178 valence electrons. The number of amides is 3. The Morgan fingerprint density at radius 2 is 1.65 bits per heavy atom. The maximum absolute atomic E-state index is 13.1. The lowest BCUT2D eigenvalue weighted by Crippen LogP contribution is -2.51. The lowest BCUT2D eigenvalue weighted by atomic mass is 10.1. The lowest BCUT2D eigenvalue weighted by molar-refractivity contribution is -0.133. The van der Waals surface area contributed by atoms with Gasteiger partial charge in [-0.1, -0.05) is 23.7 Å². The second-order valence-electron chi connectivity index (χ2n) is 8.15. The molecule has 2 aliphatic rings. The lowest BCUT2D eigenvalue weighted by Gasteiger charge is -2.36. The highest BCUT2D eigenvalue weighted by Gasteiger charge is 2.26. The van der Waals surface area contributed by atoms with E-state index in [1.165, 1.54) is 17.1 Å². The number of halogens is 2. The smallest absolute Gasteiger partial charge is 0.267 e. The van der Waals surface area contributed by atoms with Gasteiger partial charge < -0.3 is 15.1 Å². The molecule has 1 N–H and O–H groups in total. The van der Waals surface area contributed by atoms with Crippen molar-refractivity contribution in [1.29, 1.82) is 0 Å². The molecule has 0 aliphatic carbocycles. The van der Waals surface area contributed by atoms with E-state index in [2.05, 4.69) is 15.3 Å². The summed E-state index contributed by atoms with van der Waals surface area (Å²) in [7, 11) is 0. The molecule has 2 aliphatic heterocycles. The Morgan fingerprint density at radius 3 is 2.32 bits per heavy atom. The van der Waals surface area contributed by atoms with Crippen LogP contribution in [-0.2, 0) is 20.9 Å². The topological polar surface area (TPSA) is 85.3 Å². The van der Waals surface area contributed by atoms with Gasteiger partial charge >= 0.3 is 0 Å². The van der Waals surface area contributed by atoms with Gasteiger partial charge in [-0.15, -0.1) is 0 Å². The summed E-state index contributed by atoms with van der Waals surface area (Å²) in [4.78, 5) is 41.3. The molecule has 2 aromatic carbocycles. The van der Waals surface area contributed by atoms with Crippen molar-refractivity contribution >= 4 is 40.7 Å².